The van der Waals surface area contributed by atoms with Crippen molar-refractivity contribution in [3.05, 3.63) is 59.2 Å². The number of aryl methyl sites for hydroxylation is 2. The average Bonchev–Trinajstić information content (AvgIpc) is 3.19. The lowest BCUT2D eigenvalue weighted by Crippen LogP contribution is -2.29. The Bertz CT molecular complexity index is 1040. The standard InChI is InChI=1S/C26H30N2O6/c1-4-5-13-33-25(31)19-9-11-21(12-10-19)27-22(29)16-34-26(32)20-14-23(30)28(15-20)24-17(2)7-6-8-18(24)3/h6-12,20H,4-5,13-16H2,1-3H3,(H,27,29)/t20-/m0/s1. The molecule has 1 heterocycles. The summed E-state index contributed by atoms with van der Waals surface area (Å²) in [6, 6.07) is 12.0. The van der Waals surface area contributed by atoms with Crippen molar-refractivity contribution in [3.8, 4) is 0 Å². The van der Waals surface area contributed by atoms with Crippen molar-refractivity contribution < 1.29 is 28.7 Å². The molecule has 1 aliphatic rings. The molecule has 0 saturated carbocycles. The number of unbranched alkanes of at least 4 members (excludes halogenated alkanes) is 1. The highest BCUT2D eigenvalue weighted by Gasteiger charge is 2.37. The van der Waals surface area contributed by atoms with Crippen molar-refractivity contribution in [2.75, 3.05) is 30.0 Å². The predicted molar refractivity (Wildman–Crippen MR) is 128 cm³/mol. The van der Waals surface area contributed by atoms with E-state index in [0.717, 1.165) is 29.7 Å². The molecule has 1 N–H and O–H groups in total. The van der Waals surface area contributed by atoms with Gasteiger partial charge >= 0.3 is 11.9 Å². The number of amides is 2. The van der Waals surface area contributed by atoms with Crippen LogP contribution in [0.15, 0.2) is 42.5 Å². The van der Waals surface area contributed by atoms with Gasteiger partial charge in [0, 0.05) is 24.3 Å². The third kappa shape index (κ3) is 6.21. The number of carbonyl (C=O) groups excluding carboxylic acids is 4. The van der Waals surface area contributed by atoms with E-state index in [0.29, 0.717) is 17.9 Å². The number of benzene rings is 2. The first kappa shape index (κ1) is 25.0. The molecule has 0 aromatic heterocycles. The van der Waals surface area contributed by atoms with E-state index in [1.54, 1.807) is 29.2 Å². The van der Waals surface area contributed by atoms with E-state index >= 15 is 0 Å². The first-order valence-electron chi connectivity index (χ1n) is 11.4. The van der Waals surface area contributed by atoms with Gasteiger partial charge in [0.25, 0.3) is 5.91 Å². The predicted octanol–water partition coefficient (Wildman–Crippen LogP) is 3.80. The Morgan fingerprint density at radius 3 is 2.35 bits per heavy atom. The fourth-order valence-electron chi connectivity index (χ4n) is 3.85. The Morgan fingerprint density at radius 1 is 1.03 bits per heavy atom. The van der Waals surface area contributed by atoms with Crippen molar-refractivity contribution >= 4 is 35.1 Å². The molecule has 0 bridgehead atoms. The highest BCUT2D eigenvalue weighted by Crippen LogP contribution is 2.31. The maximum Gasteiger partial charge on any atom is 0.338 e. The highest BCUT2D eigenvalue weighted by molar-refractivity contribution is 6.01. The lowest BCUT2D eigenvalue weighted by atomic mass is 10.1. The van der Waals surface area contributed by atoms with Crippen LogP contribution >= 0.6 is 0 Å². The monoisotopic (exact) mass is 466 g/mol. The average molecular weight is 467 g/mol. The van der Waals surface area contributed by atoms with E-state index in [9.17, 15) is 19.2 Å². The van der Waals surface area contributed by atoms with E-state index in [1.165, 1.54) is 0 Å². The Kier molecular flexibility index (Phi) is 8.40. The van der Waals surface area contributed by atoms with Crippen LogP contribution in [0.5, 0.6) is 0 Å². The van der Waals surface area contributed by atoms with E-state index in [-0.39, 0.29) is 18.9 Å². The number of anilines is 2. The van der Waals surface area contributed by atoms with Crippen LogP contribution in [-0.2, 0) is 23.9 Å². The summed E-state index contributed by atoms with van der Waals surface area (Å²) < 4.78 is 10.3. The van der Waals surface area contributed by atoms with Crippen LogP contribution in [0.2, 0.25) is 0 Å². The van der Waals surface area contributed by atoms with Crippen LogP contribution < -0.4 is 10.2 Å². The van der Waals surface area contributed by atoms with Gasteiger partial charge in [-0.15, -0.1) is 0 Å². The van der Waals surface area contributed by atoms with E-state index in [1.807, 2.05) is 39.0 Å². The lowest BCUT2D eigenvalue weighted by Gasteiger charge is -2.21. The molecule has 8 nitrogen and oxygen atoms in total. The molecule has 1 atom stereocenters. The van der Waals surface area contributed by atoms with Crippen LogP contribution in [0.25, 0.3) is 0 Å². The molecule has 3 rings (SSSR count). The molecule has 1 aliphatic heterocycles. The quantitative estimate of drug-likeness (QED) is 0.446. The van der Waals surface area contributed by atoms with Crippen molar-refractivity contribution in [3.63, 3.8) is 0 Å². The van der Waals surface area contributed by atoms with Gasteiger partial charge in [0.2, 0.25) is 5.91 Å². The molecule has 0 aliphatic carbocycles. The summed E-state index contributed by atoms with van der Waals surface area (Å²) >= 11 is 0. The molecule has 180 valence electrons. The van der Waals surface area contributed by atoms with Crippen LogP contribution in [0.3, 0.4) is 0 Å². The van der Waals surface area contributed by atoms with Gasteiger partial charge in [0.05, 0.1) is 18.1 Å². The number of para-hydroxylation sites is 1. The SMILES string of the molecule is CCCCOC(=O)c1ccc(NC(=O)COC(=O)[C@H]2CC(=O)N(c3c(C)cccc3C)C2)cc1. The molecule has 2 amide bonds. The molecule has 0 radical (unpaired) electrons. The molecule has 8 heteroatoms. The van der Waals surface area contributed by atoms with Crippen LogP contribution in [0.1, 0.15) is 47.7 Å². The van der Waals surface area contributed by atoms with Crippen molar-refractivity contribution in [2.45, 2.75) is 40.0 Å². The molecule has 0 spiro atoms. The van der Waals surface area contributed by atoms with Crippen LogP contribution in [-0.4, -0.2) is 43.5 Å². The zero-order valence-electron chi connectivity index (χ0n) is 19.8. The number of ether oxygens (including phenoxy) is 2. The third-order valence-electron chi connectivity index (χ3n) is 5.65. The number of rotatable bonds is 9. The Labute approximate surface area is 199 Å². The zero-order valence-corrected chi connectivity index (χ0v) is 19.8. The maximum absolute atomic E-state index is 12.5. The van der Waals surface area contributed by atoms with E-state index in [4.69, 9.17) is 9.47 Å². The second kappa shape index (κ2) is 11.4. The van der Waals surface area contributed by atoms with Crippen molar-refractivity contribution in [1.82, 2.24) is 0 Å². The number of hydrogen-bond acceptors (Lipinski definition) is 6. The van der Waals surface area contributed by atoms with Gasteiger partial charge in [0.1, 0.15) is 0 Å². The summed E-state index contributed by atoms with van der Waals surface area (Å²) in [6.07, 6.45) is 1.78. The summed E-state index contributed by atoms with van der Waals surface area (Å²) in [6.45, 7) is 5.99. The van der Waals surface area contributed by atoms with Crippen molar-refractivity contribution in [1.29, 1.82) is 0 Å². The number of nitrogens with one attached hydrogen (secondary N) is 1. The second-order valence-corrected chi connectivity index (χ2v) is 8.37. The summed E-state index contributed by atoms with van der Waals surface area (Å²) in [5.41, 5.74) is 3.59. The van der Waals surface area contributed by atoms with Gasteiger partial charge in [0.15, 0.2) is 6.61 Å². The molecule has 1 fully saturated rings. The molecular weight excluding hydrogens is 436 g/mol. The smallest absolute Gasteiger partial charge is 0.338 e. The first-order valence-corrected chi connectivity index (χ1v) is 11.4. The van der Waals surface area contributed by atoms with Gasteiger partial charge in [-0.2, -0.15) is 0 Å². The summed E-state index contributed by atoms with van der Waals surface area (Å²) in [5, 5.41) is 2.62. The minimum Gasteiger partial charge on any atom is -0.462 e. The van der Waals surface area contributed by atoms with Gasteiger partial charge in [-0.1, -0.05) is 31.5 Å². The minimum absolute atomic E-state index is 0.0457. The van der Waals surface area contributed by atoms with Gasteiger partial charge < -0.3 is 19.7 Å². The summed E-state index contributed by atoms with van der Waals surface area (Å²) in [4.78, 5) is 50.8. The first-order chi connectivity index (χ1) is 16.3. The number of hydrogen-bond donors (Lipinski definition) is 1. The lowest BCUT2D eigenvalue weighted by molar-refractivity contribution is -0.151. The molecule has 0 unspecified atom stereocenters. The maximum atomic E-state index is 12.5. The fraction of sp³-hybridized carbons (Fsp3) is 0.385. The second-order valence-electron chi connectivity index (χ2n) is 8.37. The Balaban J connectivity index is 1.48. The Morgan fingerprint density at radius 2 is 1.71 bits per heavy atom. The molecule has 1 saturated heterocycles. The number of esters is 2. The normalized spacial score (nSPS) is 15.2. The zero-order chi connectivity index (χ0) is 24.7. The number of nitrogens with zero attached hydrogens (tertiary/aromatic N) is 1. The number of carbonyl (C=O) groups is 4. The minimum atomic E-state index is -0.627. The topological polar surface area (TPSA) is 102 Å². The van der Waals surface area contributed by atoms with Gasteiger partial charge in [-0.25, -0.2) is 4.79 Å². The fourth-order valence-corrected chi connectivity index (χ4v) is 3.85. The largest absolute Gasteiger partial charge is 0.462 e. The molecule has 2 aromatic rings. The van der Waals surface area contributed by atoms with Crippen molar-refractivity contribution in [2.24, 2.45) is 5.92 Å². The Hall–Kier alpha value is -3.68. The summed E-state index contributed by atoms with van der Waals surface area (Å²) in [5.74, 6) is -2.28. The molecule has 2 aromatic carbocycles. The molecular formula is C26H30N2O6. The van der Waals surface area contributed by atoms with E-state index in [2.05, 4.69) is 5.32 Å². The molecule has 34 heavy (non-hydrogen) atoms. The van der Waals surface area contributed by atoms with Crippen LogP contribution in [0, 0.1) is 19.8 Å². The summed E-state index contributed by atoms with van der Waals surface area (Å²) in [7, 11) is 0. The third-order valence-corrected chi connectivity index (χ3v) is 5.65. The highest BCUT2D eigenvalue weighted by atomic mass is 16.5. The van der Waals surface area contributed by atoms with Crippen LogP contribution in [0.4, 0.5) is 11.4 Å². The van der Waals surface area contributed by atoms with E-state index < -0.39 is 30.4 Å². The van der Waals surface area contributed by atoms with Gasteiger partial charge in [-0.3, -0.25) is 14.4 Å². The van der Waals surface area contributed by atoms with Gasteiger partial charge in [-0.05, 0) is 55.7 Å².